The highest BCUT2D eigenvalue weighted by atomic mass is 16.5. The van der Waals surface area contributed by atoms with E-state index in [1.54, 1.807) is 19.9 Å². The number of Topliss-reactive ketones (excluding diaryl/α,β-unsaturated/α-hetero) is 1. The number of rotatable bonds is 3. The van der Waals surface area contributed by atoms with Crippen molar-refractivity contribution in [2.45, 2.75) is 85.4 Å². The van der Waals surface area contributed by atoms with Gasteiger partial charge in [0.2, 0.25) is 5.78 Å². The highest BCUT2D eigenvalue weighted by Gasteiger charge is 2.68. The number of carbonyl (C=O) groups is 3. The Bertz CT molecular complexity index is 967. The molecule has 0 unspecified atom stereocenters. The molecule has 5 nitrogen and oxygen atoms in total. The molecule has 32 heavy (non-hydrogen) atoms. The van der Waals surface area contributed by atoms with Gasteiger partial charge in [0.15, 0.2) is 17.3 Å². The van der Waals surface area contributed by atoms with Gasteiger partial charge >= 0.3 is 0 Å². The van der Waals surface area contributed by atoms with Crippen molar-refractivity contribution in [1.82, 2.24) is 0 Å². The lowest BCUT2D eigenvalue weighted by Gasteiger charge is -2.67. The van der Waals surface area contributed by atoms with Gasteiger partial charge in [-0.25, -0.2) is 0 Å². The third-order valence-electron chi connectivity index (χ3n) is 9.43. The molecule has 0 saturated heterocycles. The molecule has 1 aliphatic heterocycles. The van der Waals surface area contributed by atoms with Gasteiger partial charge in [0.1, 0.15) is 5.60 Å². The molecule has 4 aliphatic rings. The van der Waals surface area contributed by atoms with Gasteiger partial charge in [-0.05, 0) is 62.5 Å². The average Bonchev–Trinajstić information content (AvgIpc) is 2.73. The molecular weight excluding hydrogens is 404 g/mol. The molecule has 0 radical (unpaired) electrons. The molecular formula is C27H36O5. The van der Waals surface area contributed by atoms with Gasteiger partial charge in [-0.3, -0.25) is 14.4 Å². The van der Waals surface area contributed by atoms with E-state index >= 15 is 0 Å². The first-order valence-electron chi connectivity index (χ1n) is 12.0. The van der Waals surface area contributed by atoms with E-state index in [1.165, 1.54) is 12.2 Å². The second kappa shape index (κ2) is 7.51. The zero-order valence-corrected chi connectivity index (χ0v) is 20.2. The number of ketones is 3. The Morgan fingerprint density at radius 1 is 1.22 bits per heavy atom. The van der Waals surface area contributed by atoms with E-state index in [4.69, 9.17) is 4.74 Å². The van der Waals surface area contributed by atoms with E-state index in [0.717, 1.165) is 12.8 Å². The summed E-state index contributed by atoms with van der Waals surface area (Å²) < 4.78 is 6.77. The summed E-state index contributed by atoms with van der Waals surface area (Å²) >= 11 is 0. The van der Waals surface area contributed by atoms with E-state index in [2.05, 4.69) is 27.7 Å². The van der Waals surface area contributed by atoms with Crippen molar-refractivity contribution in [3.63, 3.8) is 0 Å². The first-order chi connectivity index (χ1) is 14.9. The van der Waals surface area contributed by atoms with Crippen molar-refractivity contribution in [2.24, 2.45) is 28.6 Å². The molecule has 0 amide bonds. The predicted octanol–water partition coefficient (Wildman–Crippen LogP) is 4.49. The fraction of sp³-hybridized carbons (Fsp3) is 0.667. The minimum Gasteiger partial charge on any atom is -0.482 e. The van der Waals surface area contributed by atoms with Crippen LogP contribution in [0.2, 0.25) is 0 Å². The number of aliphatic hydroxyl groups excluding tert-OH is 1. The number of hydrogen-bond acceptors (Lipinski definition) is 5. The molecule has 0 bridgehead atoms. The fourth-order valence-electron chi connectivity index (χ4n) is 7.02. The number of aliphatic hydroxyl groups is 1. The molecule has 1 heterocycles. The molecule has 5 heteroatoms. The van der Waals surface area contributed by atoms with Crippen LogP contribution in [0.25, 0.3) is 0 Å². The number of carbonyl (C=O) groups excluding carboxylic acids is 3. The molecule has 1 spiro atoms. The number of allylic oxidation sites excluding steroid dienone is 5. The summed E-state index contributed by atoms with van der Waals surface area (Å²) in [5.74, 6) is -0.893. The smallest absolute Gasteiger partial charge is 0.224 e. The van der Waals surface area contributed by atoms with Crippen molar-refractivity contribution < 1.29 is 24.2 Å². The van der Waals surface area contributed by atoms with Crippen LogP contribution in [0.1, 0.15) is 73.6 Å². The van der Waals surface area contributed by atoms with Gasteiger partial charge in [0.05, 0.1) is 6.10 Å². The molecule has 0 aromatic rings. The Balaban J connectivity index is 1.80. The van der Waals surface area contributed by atoms with Crippen LogP contribution in [0, 0.1) is 28.6 Å². The fourth-order valence-corrected chi connectivity index (χ4v) is 7.02. The molecule has 0 aromatic heterocycles. The van der Waals surface area contributed by atoms with Crippen molar-refractivity contribution in [3.8, 4) is 0 Å². The lowest BCUT2D eigenvalue weighted by Crippen LogP contribution is -2.68. The number of ether oxygens (including phenoxy) is 1. The van der Waals surface area contributed by atoms with Gasteiger partial charge < -0.3 is 9.84 Å². The third kappa shape index (κ3) is 2.96. The highest BCUT2D eigenvalue weighted by Crippen LogP contribution is 2.67. The van der Waals surface area contributed by atoms with Crippen LogP contribution in [0.15, 0.2) is 35.1 Å². The minimum atomic E-state index is -0.697. The lowest BCUT2D eigenvalue weighted by atomic mass is 9.43. The van der Waals surface area contributed by atoms with Crippen LogP contribution in [0.4, 0.5) is 0 Å². The third-order valence-corrected chi connectivity index (χ3v) is 9.43. The molecule has 4 rings (SSSR count). The zero-order valence-electron chi connectivity index (χ0n) is 20.2. The maximum Gasteiger partial charge on any atom is 0.224 e. The van der Waals surface area contributed by atoms with Gasteiger partial charge in [-0.1, -0.05) is 40.7 Å². The maximum atomic E-state index is 13.6. The van der Waals surface area contributed by atoms with Crippen LogP contribution in [0.5, 0.6) is 0 Å². The summed E-state index contributed by atoms with van der Waals surface area (Å²) in [6.45, 7) is 12.0. The van der Waals surface area contributed by atoms with Crippen molar-refractivity contribution >= 4 is 17.3 Å². The molecule has 6 atom stereocenters. The Labute approximate surface area is 191 Å². The van der Waals surface area contributed by atoms with E-state index in [9.17, 15) is 19.5 Å². The first-order valence-corrected chi connectivity index (χ1v) is 12.0. The van der Waals surface area contributed by atoms with Gasteiger partial charge in [-0.15, -0.1) is 0 Å². The summed E-state index contributed by atoms with van der Waals surface area (Å²) in [6.07, 6.45) is 7.71. The molecule has 174 valence electrons. The van der Waals surface area contributed by atoms with Crippen LogP contribution >= 0.6 is 0 Å². The van der Waals surface area contributed by atoms with Crippen molar-refractivity contribution in [3.05, 3.63) is 35.1 Å². The molecule has 3 aliphatic carbocycles. The van der Waals surface area contributed by atoms with Crippen LogP contribution in [-0.4, -0.2) is 34.2 Å². The Hall–Kier alpha value is -2.01. The monoisotopic (exact) mass is 440 g/mol. The van der Waals surface area contributed by atoms with E-state index in [1.807, 2.05) is 0 Å². The second-order valence-electron chi connectivity index (χ2n) is 11.2. The molecule has 2 fully saturated rings. The first kappa shape index (κ1) is 23.2. The maximum absolute atomic E-state index is 13.6. The average molecular weight is 441 g/mol. The second-order valence-corrected chi connectivity index (χ2v) is 11.2. The zero-order chi connectivity index (χ0) is 23.6. The Morgan fingerprint density at radius 2 is 1.91 bits per heavy atom. The lowest BCUT2D eigenvalue weighted by molar-refractivity contribution is -0.255. The Kier molecular flexibility index (Phi) is 5.44. The molecule has 0 aromatic carbocycles. The molecule has 1 N–H and O–H groups in total. The standard InChI is InChI=1S/C27H36O5/c1-7-8-19(28)16(3)17-13-20(29)18-14-26(6)15(2)9-10-21-25(4,5)22(30)11-12-27(21,26)32-24(18)23(17)31/h7-8,13,15-16,21-22,30H,9-12,14H2,1-6H3/b8-7+/t15-,16-,21-,22-,26+,27-/m0/s1. The summed E-state index contributed by atoms with van der Waals surface area (Å²) in [5, 5.41) is 10.8. The SMILES string of the molecule is C/C=C/C(=O)[C@@H](C)C1=CC(=O)C2=C(O[C@@]34CC[C@H](O)C(C)(C)[C@@H]3CC[C@H](C)[C@@]4(C)C2)C1=O. The van der Waals surface area contributed by atoms with Crippen LogP contribution in [-0.2, 0) is 19.1 Å². The van der Waals surface area contributed by atoms with Crippen molar-refractivity contribution in [2.75, 3.05) is 0 Å². The minimum absolute atomic E-state index is 0.0772. The van der Waals surface area contributed by atoms with Gasteiger partial charge in [0, 0.05) is 28.4 Å². The van der Waals surface area contributed by atoms with Crippen molar-refractivity contribution in [1.29, 1.82) is 0 Å². The molecule has 2 saturated carbocycles. The largest absolute Gasteiger partial charge is 0.482 e. The normalized spacial score (nSPS) is 39.6. The predicted molar refractivity (Wildman–Crippen MR) is 122 cm³/mol. The topological polar surface area (TPSA) is 80.7 Å². The summed E-state index contributed by atoms with van der Waals surface area (Å²) in [7, 11) is 0. The number of hydrogen-bond donors (Lipinski definition) is 1. The van der Waals surface area contributed by atoms with Gasteiger partial charge in [0.25, 0.3) is 0 Å². The summed E-state index contributed by atoms with van der Waals surface area (Å²) in [4.78, 5) is 39.2. The van der Waals surface area contributed by atoms with Crippen LogP contribution in [0.3, 0.4) is 0 Å². The summed E-state index contributed by atoms with van der Waals surface area (Å²) in [5.41, 5.74) is -0.602. The van der Waals surface area contributed by atoms with E-state index < -0.39 is 17.6 Å². The quantitative estimate of drug-likeness (QED) is 0.516. The van der Waals surface area contributed by atoms with E-state index in [0.29, 0.717) is 30.8 Å². The van der Waals surface area contributed by atoms with Gasteiger partial charge in [-0.2, -0.15) is 0 Å². The summed E-state index contributed by atoms with van der Waals surface area (Å²) in [6, 6.07) is 0. The van der Waals surface area contributed by atoms with E-state index in [-0.39, 0.29) is 45.4 Å². The highest BCUT2D eigenvalue weighted by molar-refractivity contribution is 6.24. The van der Waals surface area contributed by atoms with Crippen LogP contribution < -0.4 is 0 Å². The Morgan fingerprint density at radius 3 is 2.56 bits per heavy atom.